The van der Waals surface area contributed by atoms with Gasteiger partial charge < -0.3 is 0 Å². The Bertz CT molecular complexity index is 683. The van der Waals surface area contributed by atoms with E-state index in [-0.39, 0.29) is 4.90 Å². The summed E-state index contributed by atoms with van der Waals surface area (Å²) in [5.74, 6) is 0. The van der Waals surface area contributed by atoms with Crippen LogP contribution in [0.4, 0.5) is 0 Å². The summed E-state index contributed by atoms with van der Waals surface area (Å²) in [7, 11) is -1.82. The fraction of sp³-hybridized carbons (Fsp3) is 0.462. The average Bonchev–Trinajstić information content (AvgIpc) is 3.06. The van der Waals surface area contributed by atoms with Gasteiger partial charge >= 0.3 is 0 Å². The summed E-state index contributed by atoms with van der Waals surface area (Å²) in [6, 6.07) is 3.99. The van der Waals surface area contributed by atoms with Crippen LogP contribution in [0.2, 0.25) is 0 Å². The number of thiophene rings is 1. The lowest BCUT2D eigenvalue weighted by Crippen LogP contribution is -2.43. The fourth-order valence-corrected chi connectivity index (χ4v) is 5.21. The van der Waals surface area contributed by atoms with Crippen molar-refractivity contribution in [2.24, 2.45) is 7.05 Å². The van der Waals surface area contributed by atoms with Crippen LogP contribution in [0.25, 0.3) is 0 Å². The van der Waals surface area contributed by atoms with E-state index in [2.05, 4.69) is 9.82 Å². The Labute approximate surface area is 122 Å². The summed E-state index contributed by atoms with van der Waals surface area (Å²) < 4.78 is 29.5. The van der Waals surface area contributed by atoms with E-state index in [4.69, 9.17) is 0 Å². The molecule has 1 N–H and O–H groups in total. The summed E-state index contributed by atoms with van der Waals surface area (Å²) in [5.41, 5.74) is -0.442. The minimum atomic E-state index is -3.53. The molecule has 2 aromatic rings. The molecule has 0 aliphatic heterocycles. The van der Waals surface area contributed by atoms with Gasteiger partial charge in [-0.05, 0) is 24.3 Å². The standard InChI is InChI=1S/C13H17N3O2S2/c1-16-10-11(9-14-16)20(17,18)15-13(6-2-3-7-13)12-5-4-8-19-12/h4-5,8-10,15H,2-3,6-7H2,1H3. The van der Waals surface area contributed by atoms with Crippen molar-refractivity contribution in [2.45, 2.75) is 36.1 Å². The minimum absolute atomic E-state index is 0.225. The van der Waals surface area contributed by atoms with Crippen LogP contribution in [0, 0.1) is 0 Å². The van der Waals surface area contributed by atoms with E-state index < -0.39 is 15.6 Å². The maximum Gasteiger partial charge on any atom is 0.244 e. The number of sulfonamides is 1. The van der Waals surface area contributed by atoms with Gasteiger partial charge in [-0.15, -0.1) is 11.3 Å². The van der Waals surface area contributed by atoms with Crippen LogP contribution in [0.1, 0.15) is 30.6 Å². The highest BCUT2D eigenvalue weighted by Gasteiger charge is 2.40. The van der Waals surface area contributed by atoms with E-state index in [9.17, 15) is 8.42 Å². The molecule has 0 bridgehead atoms. The van der Waals surface area contributed by atoms with E-state index in [0.29, 0.717) is 0 Å². The Morgan fingerprint density at radius 2 is 2.15 bits per heavy atom. The van der Waals surface area contributed by atoms with E-state index in [1.165, 1.54) is 17.1 Å². The fourth-order valence-electron chi connectivity index (χ4n) is 2.78. The van der Waals surface area contributed by atoms with Gasteiger partial charge in [0.25, 0.3) is 0 Å². The molecule has 0 spiro atoms. The third kappa shape index (κ3) is 2.41. The topological polar surface area (TPSA) is 64.0 Å². The first-order valence-electron chi connectivity index (χ1n) is 6.58. The number of nitrogens with zero attached hydrogens (tertiary/aromatic N) is 2. The van der Waals surface area contributed by atoms with Gasteiger partial charge in [-0.1, -0.05) is 18.9 Å². The van der Waals surface area contributed by atoms with Crippen LogP contribution in [0.15, 0.2) is 34.8 Å². The van der Waals surface area contributed by atoms with Gasteiger partial charge in [-0.2, -0.15) is 9.82 Å². The summed E-state index contributed by atoms with van der Waals surface area (Å²) in [6.07, 6.45) is 6.72. The van der Waals surface area contributed by atoms with Crippen molar-refractivity contribution in [1.29, 1.82) is 0 Å². The minimum Gasteiger partial charge on any atom is -0.274 e. The zero-order chi connectivity index (χ0) is 14.2. The smallest absolute Gasteiger partial charge is 0.244 e. The SMILES string of the molecule is Cn1cc(S(=O)(=O)NC2(c3cccs3)CCCC2)cn1. The van der Waals surface area contributed by atoms with Crippen molar-refractivity contribution in [3.8, 4) is 0 Å². The van der Waals surface area contributed by atoms with Crippen molar-refractivity contribution in [3.05, 3.63) is 34.8 Å². The molecule has 7 heteroatoms. The van der Waals surface area contributed by atoms with E-state index in [0.717, 1.165) is 30.6 Å². The molecule has 3 rings (SSSR count). The Morgan fingerprint density at radius 1 is 1.40 bits per heavy atom. The molecule has 1 aliphatic carbocycles. The Balaban J connectivity index is 1.95. The molecule has 2 heterocycles. The molecule has 1 aliphatic rings. The lowest BCUT2D eigenvalue weighted by molar-refractivity contribution is 0.412. The number of hydrogen-bond acceptors (Lipinski definition) is 4. The molecule has 0 radical (unpaired) electrons. The van der Waals surface area contributed by atoms with Crippen molar-refractivity contribution in [3.63, 3.8) is 0 Å². The second-order valence-corrected chi connectivity index (χ2v) is 7.85. The quantitative estimate of drug-likeness (QED) is 0.941. The van der Waals surface area contributed by atoms with E-state index in [1.807, 2.05) is 17.5 Å². The highest BCUT2D eigenvalue weighted by atomic mass is 32.2. The van der Waals surface area contributed by atoms with Gasteiger partial charge in [0, 0.05) is 18.1 Å². The molecular formula is C13H17N3O2S2. The number of hydrogen-bond donors (Lipinski definition) is 1. The van der Waals surface area contributed by atoms with Gasteiger partial charge in [0.2, 0.25) is 10.0 Å². The molecule has 0 amide bonds. The molecule has 2 aromatic heterocycles. The summed E-state index contributed by atoms with van der Waals surface area (Å²) in [5, 5.41) is 5.94. The lowest BCUT2D eigenvalue weighted by atomic mass is 9.97. The second kappa shape index (κ2) is 4.98. The van der Waals surface area contributed by atoms with Crippen molar-refractivity contribution >= 4 is 21.4 Å². The van der Waals surface area contributed by atoms with Crippen molar-refractivity contribution in [1.82, 2.24) is 14.5 Å². The van der Waals surface area contributed by atoms with Gasteiger partial charge in [0.1, 0.15) is 4.90 Å². The first kappa shape index (κ1) is 13.8. The number of aromatic nitrogens is 2. The average molecular weight is 311 g/mol. The zero-order valence-electron chi connectivity index (χ0n) is 11.2. The molecule has 1 fully saturated rings. The van der Waals surface area contributed by atoms with E-state index >= 15 is 0 Å². The molecule has 0 aromatic carbocycles. The van der Waals surface area contributed by atoms with E-state index in [1.54, 1.807) is 18.4 Å². The maximum atomic E-state index is 12.5. The Morgan fingerprint density at radius 3 is 2.70 bits per heavy atom. The van der Waals surface area contributed by atoms with Gasteiger partial charge in [0.05, 0.1) is 11.7 Å². The molecule has 108 valence electrons. The number of aryl methyl sites for hydroxylation is 1. The van der Waals surface area contributed by atoms with Crippen molar-refractivity contribution in [2.75, 3.05) is 0 Å². The summed E-state index contributed by atoms with van der Waals surface area (Å²) in [6.45, 7) is 0. The first-order chi connectivity index (χ1) is 9.52. The maximum absolute atomic E-state index is 12.5. The molecule has 5 nitrogen and oxygen atoms in total. The van der Waals surface area contributed by atoms with Crippen LogP contribution < -0.4 is 4.72 Å². The monoisotopic (exact) mass is 311 g/mol. The number of nitrogens with one attached hydrogen (secondary N) is 1. The van der Waals surface area contributed by atoms with Gasteiger partial charge in [0.15, 0.2) is 0 Å². The molecule has 0 atom stereocenters. The lowest BCUT2D eigenvalue weighted by Gasteiger charge is -2.28. The Kier molecular flexibility index (Phi) is 3.43. The zero-order valence-corrected chi connectivity index (χ0v) is 12.9. The predicted molar refractivity (Wildman–Crippen MR) is 78.0 cm³/mol. The summed E-state index contributed by atoms with van der Waals surface area (Å²) in [4.78, 5) is 1.32. The molecule has 0 saturated heterocycles. The molecule has 1 saturated carbocycles. The summed E-state index contributed by atoms with van der Waals surface area (Å²) >= 11 is 1.61. The van der Waals surface area contributed by atoms with Crippen LogP contribution in [0.3, 0.4) is 0 Å². The largest absolute Gasteiger partial charge is 0.274 e. The highest BCUT2D eigenvalue weighted by Crippen LogP contribution is 2.41. The van der Waals surface area contributed by atoms with Crippen LogP contribution in [0.5, 0.6) is 0 Å². The normalized spacial score (nSPS) is 18.4. The van der Waals surface area contributed by atoms with Crippen LogP contribution in [-0.2, 0) is 22.6 Å². The predicted octanol–water partition coefficient (Wildman–Crippen LogP) is 2.23. The molecule has 20 heavy (non-hydrogen) atoms. The van der Waals surface area contributed by atoms with Crippen LogP contribution >= 0.6 is 11.3 Å². The Hall–Kier alpha value is -1.18. The first-order valence-corrected chi connectivity index (χ1v) is 8.95. The van der Waals surface area contributed by atoms with Crippen molar-refractivity contribution < 1.29 is 8.42 Å². The van der Waals surface area contributed by atoms with Gasteiger partial charge in [-0.3, -0.25) is 4.68 Å². The molecular weight excluding hydrogens is 294 g/mol. The third-order valence-corrected chi connectivity index (χ3v) is 6.34. The second-order valence-electron chi connectivity index (χ2n) is 5.22. The molecule has 0 unspecified atom stereocenters. The van der Waals surface area contributed by atoms with Gasteiger partial charge in [-0.25, -0.2) is 8.42 Å². The number of rotatable bonds is 4. The highest BCUT2D eigenvalue weighted by molar-refractivity contribution is 7.89. The third-order valence-electron chi connectivity index (χ3n) is 3.77. The van der Waals surface area contributed by atoms with Crippen LogP contribution in [-0.4, -0.2) is 18.2 Å².